The lowest BCUT2D eigenvalue weighted by atomic mass is 10.1. The van der Waals surface area contributed by atoms with Crippen molar-refractivity contribution >= 4 is 27.4 Å². The number of fused-ring (bicyclic) bond motifs is 1. The second kappa shape index (κ2) is 5.25. The van der Waals surface area contributed by atoms with Crippen LogP contribution in [0.1, 0.15) is 33.1 Å². The highest BCUT2D eigenvalue weighted by atomic mass is 32.1. The molecule has 4 heteroatoms. The summed E-state index contributed by atoms with van der Waals surface area (Å²) < 4.78 is 0. The number of aromatic nitrogens is 2. The zero-order chi connectivity index (χ0) is 11.4. The molecule has 3 nitrogen and oxygen atoms in total. The molecule has 0 spiro atoms. The van der Waals surface area contributed by atoms with Crippen molar-refractivity contribution in [3.05, 3.63) is 17.8 Å². The van der Waals surface area contributed by atoms with Crippen LogP contribution in [0.3, 0.4) is 0 Å². The largest absolute Gasteiger partial charge is 0.367 e. The maximum atomic E-state index is 4.33. The molecule has 86 valence electrons. The van der Waals surface area contributed by atoms with Gasteiger partial charge in [-0.15, -0.1) is 11.3 Å². The summed E-state index contributed by atoms with van der Waals surface area (Å²) in [5, 5.41) is 6.72. The molecule has 0 aliphatic carbocycles. The lowest BCUT2D eigenvalue weighted by molar-refractivity contribution is 0.621. The van der Waals surface area contributed by atoms with Crippen molar-refractivity contribution in [3.8, 4) is 0 Å². The van der Waals surface area contributed by atoms with Gasteiger partial charge in [0.05, 0.1) is 5.39 Å². The maximum absolute atomic E-state index is 4.33. The van der Waals surface area contributed by atoms with Gasteiger partial charge in [0.25, 0.3) is 0 Å². The van der Waals surface area contributed by atoms with Crippen molar-refractivity contribution in [3.63, 3.8) is 0 Å². The fraction of sp³-hybridized carbons (Fsp3) is 0.500. The second-order valence-corrected chi connectivity index (χ2v) is 4.79. The van der Waals surface area contributed by atoms with Crippen molar-refractivity contribution in [1.82, 2.24) is 9.97 Å². The Morgan fingerprint density at radius 1 is 1.38 bits per heavy atom. The minimum atomic E-state index is 0.517. The summed E-state index contributed by atoms with van der Waals surface area (Å²) in [5.41, 5.74) is 0. The number of hydrogen-bond acceptors (Lipinski definition) is 4. The predicted molar refractivity (Wildman–Crippen MR) is 70.0 cm³/mol. The Labute approximate surface area is 99.9 Å². The van der Waals surface area contributed by atoms with Crippen LogP contribution in [0.4, 0.5) is 5.82 Å². The maximum Gasteiger partial charge on any atom is 0.138 e. The van der Waals surface area contributed by atoms with Gasteiger partial charge in [0.1, 0.15) is 17.0 Å². The summed E-state index contributed by atoms with van der Waals surface area (Å²) in [6.07, 6.45) is 5.15. The van der Waals surface area contributed by atoms with Crippen LogP contribution in [0.5, 0.6) is 0 Å². The van der Waals surface area contributed by atoms with Gasteiger partial charge in [-0.1, -0.05) is 20.3 Å². The zero-order valence-corrected chi connectivity index (χ0v) is 10.5. The van der Waals surface area contributed by atoms with Crippen LogP contribution in [0, 0.1) is 0 Å². The smallest absolute Gasteiger partial charge is 0.138 e. The van der Waals surface area contributed by atoms with Gasteiger partial charge in [-0.2, -0.15) is 0 Å². The fourth-order valence-electron chi connectivity index (χ4n) is 1.83. The van der Waals surface area contributed by atoms with Crippen LogP contribution >= 0.6 is 11.3 Å². The highest BCUT2D eigenvalue weighted by Crippen LogP contribution is 2.24. The van der Waals surface area contributed by atoms with Crippen LogP contribution in [0.25, 0.3) is 10.2 Å². The lowest BCUT2D eigenvalue weighted by Gasteiger charge is -2.16. The molecule has 0 aliphatic heterocycles. The SMILES string of the molecule is CCCC(CC)Nc1ncnc2sccc12. The Kier molecular flexibility index (Phi) is 3.72. The molecule has 1 N–H and O–H groups in total. The fourth-order valence-corrected chi connectivity index (χ4v) is 2.56. The molecule has 1 unspecified atom stereocenters. The zero-order valence-electron chi connectivity index (χ0n) is 9.73. The van der Waals surface area contributed by atoms with E-state index in [1.54, 1.807) is 17.7 Å². The molecule has 2 aromatic heterocycles. The van der Waals surface area contributed by atoms with Crippen molar-refractivity contribution < 1.29 is 0 Å². The van der Waals surface area contributed by atoms with E-state index in [4.69, 9.17) is 0 Å². The summed E-state index contributed by atoms with van der Waals surface area (Å²) >= 11 is 1.66. The molecule has 0 saturated heterocycles. The first kappa shape index (κ1) is 11.3. The minimum absolute atomic E-state index is 0.517. The Morgan fingerprint density at radius 3 is 3.00 bits per heavy atom. The van der Waals surface area contributed by atoms with Gasteiger partial charge in [-0.3, -0.25) is 0 Å². The quantitative estimate of drug-likeness (QED) is 0.859. The predicted octanol–water partition coefficient (Wildman–Crippen LogP) is 3.68. The van der Waals surface area contributed by atoms with E-state index in [-0.39, 0.29) is 0 Å². The Morgan fingerprint density at radius 2 is 2.25 bits per heavy atom. The third-order valence-electron chi connectivity index (χ3n) is 2.73. The first-order valence-electron chi connectivity index (χ1n) is 5.79. The third-order valence-corrected chi connectivity index (χ3v) is 3.55. The van der Waals surface area contributed by atoms with Gasteiger partial charge in [-0.05, 0) is 24.3 Å². The van der Waals surface area contributed by atoms with Gasteiger partial charge in [-0.25, -0.2) is 9.97 Å². The topological polar surface area (TPSA) is 37.8 Å². The van der Waals surface area contributed by atoms with Crippen molar-refractivity contribution in [2.24, 2.45) is 0 Å². The molecule has 0 bridgehead atoms. The average Bonchev–Trinajstić information content (AvgIpc) is 2.77. The highest BCUT2D eigenvalue weighted by molar-refractivity contribution is 7.16. The summed E-state index contributed by atoms with van der Waals surface area (Å²) in [7, 11) is 0. The van der Waals surface area contributed by atoms with E-state index < -0.39 is 0 Å². The molecular formula is C12H17N3S. The van der Waals surface area contributed by atoms with E-state index >= 15 is 0 Å². The molecule has 0 aliphatic rings. The van der Waals surface area contributed by atoms with Crippen molar-refractivity contribution in [2.45, 2.75) is 39.2 Å². The van der Waals surface area contributed by atoms with Crippen LogP contribution < -0.4 is 5.32 Å². The molecule has 0 saturated carbocycles. The first-order valence-corrected chi connectivity index (χ1v) is 6.67. The normalized spacial score (nSPS) is 12.9. The van der Waals surface area contributed by atoms with E-state index in [2.05, 4.69) is 40.6 Å². The summed E-state index contributed by atoms with van der Waals surface area (Å²) in [6.45, 7) is 4.42. The molecule has 0 radical (unpaired) electrons. The van der Waals surface area contributed by atoms with Crippen molar-refractivity contribution in [2.75, 3.05) is 5.32 Å². The molecule has 0 amide bonds. The molecule has 1 atom stereocenters. The number of anilines is 1. The van der Waals surface area contributed by atoms with Gasteiger partial charge in [0, 0.05) is 6.04 Å². The molecule has 16 heavy (non-hydrogen) atoms. The van der Waals surface area contributed by atoms with E-state index in [1.165, 1.54) is 12.8 Å². The average molecular weight is 235 g/mol. The molecular weight excluding hydrogens is 218 g/mol. The lowest BCUT2D eigenvalue weighted by Crippen LogP contribution is -2.18. The molecule has 2 aromatic rings. The van der Waals surface area contributed by atoms with Gasteiger partial charge < -0.3 is 5.32 Å². The molecule has 0 aromatic carbocycles. The van der Waals surface area contributed by atoms with Crippen LogP contribution in [0.2, 0.25) is 0 Å². The van der Waals surface area contributed by atoms with Gasteiger partial charge in [0.15, 0.2) is 0 Å². The highest BCUT2D eigenvalue weighted by Gasteiger charge is 2.09. The standard InChI is InChI=1S/C12H17N3S/c1-3-5-9(4-2)15-11-10-6-7-16-12(10)14-8-13-11/h6-9H,3-5H2,1-2H3,(H,13,14,15). The summed E-state index contributed by atoms with van der Waals surface area (Å²) in [5.74, 6) is 0.978. The number of hydrogen-bond donors (Lipinski definition) is 1. The number of nitrogens with zero attached hydrogens (tertiary/aromatic N) is 2. The van der Waals surface area contributed by atoms with E-state index in [0.29, 0.717) is 6.04 Å². The van der Waals surface area contributed by atoms with Crippen LogP contribution in [-0.4, -0.2) is 16.0 Å². The van der Waals surface area contributed by atoms with Gasteiger partial charge >= 0.3 is 0 Å². The minimum Gasteiger partial charge on any atom is -0.367 e. The summed E-state index contributed by atoms with van der Waals surface area (Å²) in [4.78, 5) is 9.64. The van der Waals surface area contributed by atoms with Gasteiger partial charge in [0.2, 0.25) is 0 Å². The summed E-state index contributed by atoms with van der Waals surface area (Å²) in [6, 6.07) is 2.60. The Hall–Kier alpha value is -1.16. The molecule has 2 heterocycles. The number of rotatable bonds is 5. The monoisotopic (exact) mass is 235 g/mol. The van der Waals surface area contributed by atoms with E-state index in [9.17, 15) is 0 Å². The van der Waals surface area contributed by atoms with Crippen LogP contribution in [0.15, 0.2) is 17.8 Å². The molecule has 0 fully saturated rings. The molecule has 2 rings (SSSR count). The van der Waals surface area contributed by atoms with Crippen LogP contribution in [-0.2, 0) is 0 Å². The third kappa shape index (κ3) is 2.32. The van der Waals surface area contributed by atoms with E-state index in [1.807, 2.05) is 0 Å². The number of nitrogens with one attached hydrogen (secondary N) is 1. The second-order valence-electron chi connectivity index (χ2n) is 3.90. The number of thiophene rings is 1. The first-order chi connectivity index (χ1) is 7.85. The van der Waals surface area contributed by atoms with Crippen molar-refractivity contribution in [1.29, 1.82) is 0 Å². The Balaban J connectivity index is 2.22. The van der Waals surface area contributed by atoms with E-state index in [0.717, 1.165) is 22.5 Å². The Bertz CT molecular complexity index is 452.